The summed E-state index contributed by atoms with van der Waals surface area (Å²) in [6, 6.07) is 0.202. The van der Waals surface area contributed by atoms with Crippen LogP contribution in [0, 0.1) is 0 Å². The number of amides is 1. The molecule has 0 aromatic heterocycles. The lowest BCUT2D eigenvalue weighted by molar-refractivity contribution is -0.128. The van der Waals surface area contributed by atoms with Gasteiger partial charge in [0, 0.05) is 12.6 Å². The Hall–Kier alpha value is -0.650. The zero-order chi connectivity index (χ0) is 12.7. The number of aliphatic hydroxyl groups excluding tert-OH is 1. The molecular formula is C12H25N3O2. The number of hydrazine groups is 1. The number of rotatable bonds is 6. The average molecular weight is 243 g/mol. The molecule has 0 aromatic carbocycles. The van der Waals surface area contributed by atoms with Crippen molar-refractivity contribution in [3.8, 4) is 0 Å². The first-order valence-electron chi connectivity index (χ1n) is 6.61. The van der Waals surface area contributed by atoms with Crippen molar-refractivity contribution in [1.29, 1.82) is 0 Å². The molecule has 100 valence electrons. The lowest BCUT2D eigenvalue weighted by atomic mass is 9.92. The molecule has 0 spiro atoms. The maximum Gasteiger partial charge on any atom is 0.251 e. The second kappa shape index (κ2) is 7.63. The molecule has 0 heterocycles. The molecule has 0 aliphatic heterocycles. The summed E-state index contributed by atoms with van der Waals surface area (Å²) in [4.78, 5) is 13.9. The van der Waals surface area contributed by atoms with Crippen LogP contribution in [0.4, 0.5) is 0 Å². The van der Waals surface area contributed by atoms with Gasteiger partial charge in [0.25, 0.3) is 5.91 Å². The van der Waals surface area contributed by atoms with Crippen LogP contribution in [0.2, 0.25) is 0 Å². The molecule has 1 amide bonds. The topological polar surface area (TPSA) is 78.6 Å². The standard InChI is InChI=1S/C12H25N3O2/c1-2-11(12(17)14-13)15(8-9-16)10-6-4-3-5-7-10/h10-11,16H,2-9,13H2,1H3,(H,14,17). The first-order chi connectivity index (χ1) is 8.24. The van der Waals surface area contributed by atoms with Crippen molar-refractivity contribution < 1.29 is 9.90 Å². The smallest absolute Gasteiger partial charge is 0.251 e. The molecule has 4 N–H and O–H groups in total. The molecule has 5 nitrogen and oxygen atoms in total. The summed E-state index contributed by atoms with van der Waals surface area (Å²) in [6.45, 7) is 2.62. The third kappa shape index (κ3) is 3.94. The van der Waals surface area contributed by atoms with E-state index >= 15 is 0 Å². The Morgan fingerprint density at radius 2 is 2.12 bits per heavy atom. The SMILES string of the molecule is CCC(C(=O)NN)N(CCO)C1CCCCC1. The highest BCUT2D eigenvalue weighted by Crippen LogP contribution is 2.24. The Morgan fingerprint density at radius 3 is 2.59 bits per heavy atom. The quantitative estimate of drug-likeness (QED) is 0.358. The van der Waals surface area contributed by atoms with Gasteiger partial charge >= 0.3 is 0 Å². The summed E-state index contributed by atoms with van der Waals surface area (Å²) in [5.74, 6) is 5.08. The lowest BCUT2D eigenvalue weighted by Gasteiger charge is -2.38. The van der Waals surface area contributed by atoms with Crippen molar-refractivity contribution in [2.75, 3.05) is 13.2 Å². The summed E-state index contributed by atoms with van der Waals surface area (Å²) < 4.78 is 0. The number of hydrogen-bond donors (Lipinski definition) is 3. The fourth-order valence-electron chi connectivity index (χ4n) is 2.79. The highest BCUT2D eigenvalue weighted by atomic mass is 16.3. The van der Waals surface area contributed by atoms with Crippen molar-refractivity contribution in [3.05, 3.63) is 0 Å². The minimum absolute atomic E-state index is 0.0881. The van der Waals surface area contributed by atoms with E-state index in [-0.39, 0.29) is 18.6 Å². The molecule has 1 rings (SSSR count). The van der Waals surface area contributed by atoms with E-state index in [4.69, 9.17) is 10.9 Å². The number of nitrogens with zero attached hydrogens (tertiary/aromatic N) is 1. The zero-order valence-electron chi connectivity index (χ0n) is 10.7. The molecule has 1 saturated carbocycles. The van der Waals surface area contributed by atoms with E-state index in [9.17, 15) is 4.79 Å². The van der Waals surface area contributed by atoms with Gasteiger partial charge in [0.05, 0.1) is 12.6 Å². The zero-order valence-corrected chi connectivity index (χ0v) is 10.7. The Kier molecular flexibility index (Phi) is 6.47. The van der Waals surface area contributed by atoms with E-state index in [2.05, 4.69) is 10.3 Å². The molecule has 0 bridgehead atoms. The summed E-state index contributed by atoms with van der Waals surface area (Å²) in [6.07, 6.45) is 6.67. The first-order valence-corrected chi connectivity index (χ1v) is 6.61. The second-order valence-corrected chi connectivity index (χ2v) is 4.69. The molecule has 1 aliphatic rings. The van der Waals surface area contributed by atoms with Gasteiger partial charge in [-0.05, 0) is 19.3 Å². The maximum atomic E-state index is 11.7. The van der Waals surface area contributed by atoms with E-state index in [0.717, 1.165) is 19.3 Å². The van der Waals surface area contributed by atoms with Crippen LogP contribution in [-0.4, -0.2) is 41.1 Å². The molecule has 0 radical (unpaired) electrons. The van der Waals surface area contributed by atoms with Crippen molar-refractivity contribution in [2.24, 2.45) is 5.84 Å². The lowest BCUT2D eigenvalue weighted by Crippen LogP contribution is -2.53. The van der Waals surface area contributed by atoms with Gasteiger partial charge in [0.2, 0.25) is 0 Å². The molecule has 0 saturated heterocycles. The van der Waals surface area contributed by atoms with E-state index < -0.39 is 0 Å². The van der Waals surface area contributed by atoms with Crippen LogP contribution >= 0.6 is 0 Å². The second-order valence-electron chi connectivity index (χ2n) is 4.69. The fraction of sp³-hybridized carbons (Fsp3) is 0.917. The van der Waals surface area contributed by atoms with Crippen LogP contribution in [-0.2, 0) is 4.79 Å². The Labute approximate surface area is 103 Å². The van der Waals surface area contributed by atoms with Gasteiger partial charge in [-0.1, -0.05) is 26.2 Å². The van der Waals surface area contributed by atoms with Gasteiger partial charge in [-0.25, -0.2) is 5.84 Å². The molecule has 0 aromatic rings. The van der Waals surface area contributed by atoms with Crippen LogP contribution in [0.3, 0.4) is 0 Å². The summed E-state index contributed by atoms with van der Waals surface area (Å²) in [5.41, 5.74) is 2.23. The summed E-state index contributed by atoms with van der Waals surface area (Å²) in [7, 11) is 0. The number of carbonyl (C=O) groups is 1. The van der Waals surface area contributed by atoms with Crippen LogP contribution in [0.5, 0.6) is 0 Å². The van der Waals surface area contributed by atoms with Gasteiger partial charge < -0.3 is 5.11 Å². The molecule has 1 fully saturated rings. The Morgan fingerprint density at radius 1 is 1.47 bits per heavy atom. The Balaban J connectivity index is 2.69. The van der Waals surface area contributed by atoms with Crippen LogP contribution in [0.15, 0.2) is 0 Å². The third-order valence-corrected chi connectivity index (χ3v) is 3.63. The number of aliphatic hydroxyl groups is 1. The van der Waals surface area contributed by atoms with Gasteiger partial charge in [0.15, 0.2) is 0 Å². The summed E-state index contributed by atoms with van der Waals surface area (Å²) >= 11 is 0. The van der Waals surface area contributed by atoms with Gasteiger partial charge in [-0.2, -0.15) is 0 Å². The number of nitrogens with two attached hydrogens (primary N) is 1. The highest BCUT2D eigenvalue weighted by Gasteiger charge is 2.30. The van der Waals surface area contributed by atoms with Crippen molar-refractivity contribution in [2.45, 2.75) is 57.5 Å². The third-order valence-electron chi connectivity index (χ3n) is 3.63. The summed E-state index contributed by atoms with van der Waals surface area (Å²) in [5, 5.41) is 9.16. The number of nitrogens with one attached hydrogen (secondary N) is 1. The van der Waals surface area contributed by atoms with Gasteiger partial charge in [-0.3, -0.25) is 15.1 Å². The van der Waals surface area contributed by atoms with Gasteiger partial charge in [0.1, 0.15) is 0 Å². The van der Waals surface area contributed by atoms with Crippen molar-refractivity contribution >= 4 is 5.91 Å². The highest BCUT2D eigenvalue weighted by molar-refractivity contribution is 5.81. The number of carbonyl (C=O) groups excluding carboxylic acids is 1. The minimum Gasteiger partial charge on any atom is -0.395 e. The van der Waals surface area contributed by atoms with Crippen molar-refractivity contribution in [3.63, 3.8) is 0 Å². The molecule has 5 heteroatoms. The normalized spacial score (nSPS) is 19.3. The predicted molar refractivity (Wildman–Crippen MR) is 67.1 cm³/mol. The molecule has 1 unspecified atom stereocenters. The van der Waals surface area contributed by atoms with Crippen LogP contribution in [0.1, 0.15) is 45.4 Å². The van der Waals surface area contributed by atoms with Crippen molar-refractivity contribution in [1.82, 2.24) is 10.3 Å². The number of hydrogen-bond acceptors (Lipinski definition) is 4. The molecular weight excluding hydrogens is 218 g/mol. The van der Waals surface area contributed by atoms with E-state index in [1.165, 1.54) is 19.3 Å². The van der Waals surface area contributed by atoms with E-state index in [1.807, 2.05) is 6.92 Å². The van der Waals surface area contributed by atoms with Gasteiger partial charge in [-0.15, -0.1) is 0 Å². The monoisotopic (exact) mass is 243 g/mol. The molecule has 17 heavy (non-hydrogen) atoms. The van der Waals surface area contributed by atoms with Crippen LogP contribution in [0.25, 0.3) is 0 Å². The average Bonchev–Trinajstić information content (AvgIpc) is 2.39. The molecule has 1 aliphatic carbocycles. The fourth-order valence-corrected chi connectivity index (χ4v) is 2.79. The minimum atomic E-state index is -0.213. The molecule has 1 atom stereocenters. The maximum absolute atomic E-state index is 11.7. The first kappa shape index (κ1) is 14.4. The Bertz CT molecular complexity index is 230. The van der Waals surface area contributed by atoms with E-state index in [1.54, 1.807) is 0 Å². The predicted octanol–water partition coefficient (Wildman–Crippen LogP) is 0.382. The van der Waals surface area contributed by atoms with E-state index in [0.29, 0.717) is 12.6 Å². The largest absolute Gasteiger partial charge is 0.395 e. The van der Waals surface area contributed by atoms with Crippen LogP contribution < -0.4 is 11.3 Å².